The zero-order chi connectivity index (χ0) is 16.2. The van der Waals surface area contributed by atoms with E-state index in [0.717, 1.165) is 28.7 Å². The second-order valence-electron chi connectivity index (χ2n) is 5.92. The van der Waals surface area contributed by atoms with E-state index in [2.05, 4.69) is 52.0 Å². The van der Waals surface area contributed by atoms with Gasteiger partial charge in [-0.05, 0) is 66.8 Å². The zero-order valence-corrected chi connectivity index (χ0v) is 14.8. The molecule has 0 N–H and O–H groups in total. The molecule has 0 unspecified atom stereocenters. The predicted octanol–water partition coefficient (Wildman–Crippen LogP) is 5.42. The molecule has 1 aliphatic heterocycles. The second-order valence-corrected chi connectivity index (χ2v) is 6.83. The summed E-state index contributed by atoms with van der Waals surface area (Å²) in [6.45, 7) is 4.45. The van der Waals surface area contributed by atoms with Crippen LogP contribution >= 0.6 is 15.9 Å². The zero-order valence-electron chi connectivity index (χ0n) is 13.2. The van der Waals surface area contributed by atoms with Crippen LogP contribution in [0.4, 0.5) is 5.69 Å². The predicted molar refractivity (Wildman–Crippen MR) is 100 cm³/mol. The Morgan fingerprint density at radius 1 is 1.13 bits per heavy atom. The number of rotatable bonds is 3. The molecule has 0 spiro atoms. The summed E-state index contributed by atoms with van der Waals surface area (Å²) in [5.74, 6) is 0. The van der Waals surface area contributed by atoms with Crippen molar-refractivity contribution in [2.75, 3.05) is 18.0 Å². The molecule has 2 nitrogen and oxygen atoms in total. The summed E-state index contributed by atoms with van der Waals surface area (Å²) in [5, 5.41) is 9.47. The molecule has 2 aromatic rings. The summed E-state index contributed by atoms with van der Waals surface area (Å²) < 4.78 is 1.02. The van der Waals surface area contributed by atoms with Crippen molar-refractivity contribution < 1.29 is 0 Å². The Hall–Kier alpha value is -2.05. The topological polar surface area (TPSA) is 27.0 Å². The van der Waals surface area contributed by atoms with Crippen LogP contribution in [0.15, 0.2) is 46.9 Å². The van der Waals surface area contributed by atoms with Crippen LogP contribution in [-0.2, 0) is 0 Å². The van der Waals surface area contributed by atoms with Gasteiger partial charge in [0.1, 0.15) is 0 Å². The third kappa shape index (κ3) is 3.65. The van der Waals surface area contributed by atoms with E-state index in [1.807, 2.05) is 30.3 Å². The first-order valence-electron chi connectivity index (χ1n) is 7.91. The van der Waals surface area contributed by atoms with Crippen molar-refractivity contribution in [2.24, 2.45) is 0 Å². The molecule has 3 heteroatoms. The molecule has 1 saturated heterocycles. The van der Waals surface area contributed by atoms with E-state index in [1.54, 1.807) is 0 Å². The van der Waals surface area contributed by atoms with E-state index in [4.69, 9.17) is 0 Å². The fraction of sp³-hybridized carbons (Fsp3) is 0.250. The van der Waals surface area contributed by atoms with Crippen LogP contribution in [0.25, 0.3) is 11.6 Å². The van der Waals surface area contributed by atoms with Gasteiger partial charge in [-0.15, -0.1) is 0 Å². The highest BCUT2D eigenvalue weighted by atomic mass is 79.9. The lowest BCUT2D eigenvalue weighted by Crippen LogP contribution is -2.18. The van der Waals surface area contributed by atoms with E-state index in [1.165, 1.54) is 24.1 Å². The van der Waals surface area contributed by atoms with E-state index in [9.17, 15) is 5.26 Å². The molecule has 2 aromatic carbocycles. The Bertz CT molecular complexity index is 763. The van der Waals surface area contributed by atoms with Crippen LogP contribution in [0.5, 0.6) is 0 Å². The summed E-state index contributed by atoms with van der Waals surface area (Å²) in [6.07, 6.45) is 4.52. The first-order valence-corrected chi connectivity index (χ1v) is 8.70. The minimum Gasteiger partial charge on any atom is -0.371 e. The molecule has 0 aromatic heterocycles. The fourth-order valence-corrected chi connectivity index (χ4v) is 3.32. The van der Waals surface area contributed by atoms with Crippen LogP contribution in [0.1, 0.15) is 29.5 Å². The van der Waals surface area contributed by atoms with Gasteiger partial charge in [0.15, 0.2) is 0 Å². The van der Waals surface area contributed by atoms with Crippen LogP contribution in [0, 0.1) is 18.3 Å². The number of aryl methyl sites for hydroxylation is 1. The first kappa shape index (κ1) is 15.8. The van der Waals surface area contributed by atoms with Gasteiger partial charge in [-0.3, -0.25) is 0 Å². The van der Waals surface area contributed by atoms with Crippen molar-refractivity contribution in [3.8, 4) is 6.07 Å². The van der Waals surface area contributed by atoms with Crippen molar-refractivity contribution in [3.05, 3.63) is 63.6 Å². The lowest BCUT2D eigenvalue weighted by molar-refractivity contribution is 0.949. The first-order chi connectivity index (χ1) is 11.2. The normalized spacial score (nSPS) is 14.8. The molecule has 0 saturated carbocycles. The molecule has 116 valence electrons. The number of hydrogen-bond acceptors (Lipinski definition) is 2. The van der Waals surface area contributed by atoms with Crippen molar-refractivity contribution >= 4 is 33.3 Å². The summed E-state index contributed by atoms with van der Waals surface area (Å²) in [6, 6.07) is 16.6. The van der Waals surface area contributed by atoms with Gasteiger partial charge >= 0.3 is 0 Å². The van der Waals surface area contributed by atoms with E-state index in [0.29, 0.717) is 5.57 Å². The molecular weight excluding hydrogens is 348 g/mol. The molecule has 0 radical (unpaired) electrons. The molecular formula is C20H19BrN2. The Labute approximate surface area is 146 Å². The van der Waals surface area contributed by atoms with Crippen molar-refractivity contribution in [3.63, 3.8) is 0 Å². The SMILES string of the molecule is Cc1cc(C=C(C#N)c2ccc(Br)cc2)ccc1N1CCCC1. The lowest BCUT2D eigenvalue weighted by Gasteiger charge is -2.20. The van der Waals surface area contributed by atoms with Crippen LogP contribution in [-0.4, -0.2) is 13.1 Å². The number of nitrogens with zero attached hydrogens (tertiary/aromatic N) is 2. The average molecular weight is 367 g/mol. The van der Waals surface area contributed by atoms with Gasteiger partial charge in [-0.25, -0.2) is 0 Å². The summed E-state index contributed by atoms with van der Waals surface area (Å²) in [5.41, 5.74) is 5.29. The van der Waals surface area contributed by atoms with Gasteiger partial charge in [-0.1, -0.05) is 34.1 Å². The van der Waals surface area contributed by atoms with Crippen molar-refractivity contribution in [2.45, 2.75) is 19.8 Å². The summed E-state index contributed by atoms with van der Waals surface area (Å²) >= 11 is 3.43. The number of benzene rings is 2. The molecule has 23 heavy (non-hydrogen) atoms. The Balaban J connectivity index is 1.90. The van der Waals surface area contributed by atoms with Gasteiger partial charge < -0.3 is 4.90 Å². The number of anilines is 1. The molecule has 1 heterocycles. The summed E-state index contributed by atoms with van der Waals surface area (Å²) in [7, 11) is 0. The maximum absolute atomic E-state index is 9.47. The Morgan fingerprint density at radius 2 is 1.83 bits per heavy atom. The van der Waals surface area contributed by atoms with Crippen LogP contribution in [0.2, 0.25) is 0 Å². The monoisotopic (exact) mass is 366 g/mol. The van der Waals surface area contributed by atoms with E-state index in [-0.39, 0.29) is 0 Å². The maximum Gasteiger partial charge on any atom is 0.0998 e. The van der Waals surface area contributed by atoms with E-state index < -0.39 is 0 Å². The van der Waals surface area contributed by atoms with Gasteiger partial charge in [0.2, 0.25) is 0 Å². The molecule has 0 aliphatic carbocycles. The molecule has 3 rings (SSSR count). The summed E-state index contributed by atoms with van der Waals surface area (Å²) in [4.78, 5) is 2.45. The largest absolute Gasteiger partial charge is 0.371 e. The van der Waals surface area contributed by atoms with Crippen molar-refractivity contribution in [1.29, 1.82) is 5.26 Å². The van der Waals surface area contributed by atoms with Gasteiger partial charge in [0.05, 0.1) is 11.6 Å². The quantitative estimate of drug-likeness (QED) is 0.535. The molecule has 1 aliphatic rings. The maximum atomic E-state index is 9.47. The second kappa shape index (κ2) is 7.02. The smallest absolute Gasteiger partial charge is 0.0998 e. The van der Waals surface area contributed by atoms with Gasteiger partial charge in [0.25, 0.3) is 0 Å². The third-order valence-corrected chi connectivity index (χ3v) is 4.78. The average Bonchev–Trinajstić information content (AvgIpc) is 3.08. The fourth-order valence-electron chi connectivity index (χ4n) is 3.06. The molecule has 1 fully saturated rings. The van der Waals surface area contributed by atoms with E-state index >= 15 is 0 Å². The van der Waals surface area contributed by atoms with Gasteiger partial charge in [0, 0.05) is 23.2 Å². The van der Waals surface area contributed by atoms with Crippen molar-refractivity contribution in [1.82, 2.24) is 0 Å². The molecule has 0 amide bonds. The van der Waals surface area contributed by atoms with Crippen LogP contribution < -0.4 is 4.90 Å². The highest BCUT2D eigenvalue weighted by Crippen LogP contribution is 2.27. The highest BCUT2D eigenvalue weighted by Gasteiger charge is 2.14. The lowest BCUT2D eigenvalue weighted by atomic mass is 10.0. The standard InChI is InChI=1S/C20H19BrN2/c1-15-12-16(4-9-20(15)23-10-2-3-11-23)13-18(14-22)17-5-7-19(21)8-6-17/h4-9,12-13H,2-3,10-11H2,1H3. The molecule has 0 bridgehead atoms. The number of hydrogen-bond donors (Lipinski definition) is 0. The third-order valence-electron chi connectivity index (χ3n) is 4.25. The highest BCUT2D eigenvalue weighted by molar-refractivity contribution is 9.10. The van der Waals surface area contributed by atoms with Gasteiger partial charge in [-0.2, -0.15) is 5.26 Å². The Morgan fingerprint density at radius 3 is 2.43 bits per heavy atom. The Kier molecular flexibility index (Phi) is 4.83. The van der Waals surface area contributed by atoms with Crippen LogP contribution in [0.3, 0.4) is 0 Å². The number of nitriles is 1. The molecule has 0 atom stereocenters. The minimum atomic E-state index is 0.686. The number of halogens is 1. The number of allylic oxidation sites excluding steroid dienone is 1. The minimum absolute atomic E-state index is 0.686.